The number of urea groups is 1. The van der Waals surface area contributed by atoms with E-state index in [2.05, 4.69) is 5.32 Å². The third-order valence-electron chi connectivity index (χ3n) is 5.18. The van der Waals surface area contributed by atoms with Crippen molar-refractivity contribution in [3.8, 4) is 5.75 Å². The Labute approximate surface area is 173 Å². The number of halogens is 1. The van der Waals surface area contributed by atoms with Gasteiger partial charge >= 0.3 is 6.03 Å². The molecule has 7 nitrogen and oxygen atoms in total. The molecule has 4 rings (SSSR count). The minimum atomic E-state index is -1.15. The van der Waals surface area contributed by atoms with Gasteiger partial charge in [0.1, 0.15) is 5.75 Å². The number of fused-ring (bicyclic) bond motifs is 2. The summed E-state index contributed by atoms with van der Waals surface area (Å²) in [6, 6.07) is 13.9. The second-order valence-corrected chi connectivity index (χ2v) is 7.51. The van der Waals surface area contributed by atoms with Gasteiger partial charge in [0.05, 0.1) is 32.5 Å². The van der Waals surface area contributed by atoms with Gasteiger partial charge in [-0.25, -0.2) is 4.79 Å². The zero-order valence-corrected chi connectivity index (χ0v) is 16.4. The summed E-state index contributed by atoms with van der Waals surface area (Å²) in [5, 5.41) is 13.7. The van der Waals surface area contributed by atoms with Crippen LogP contribution in [0.2, 0.25) is 5.02 Å². The predicted molar refractivity (Wildman–Crippen MR) is 106 cm³/mol. The monoisotopic (exact) mass is 416 g/mol. The molecule has 2 aliphatic heterocycles. The number of carbonyl (C=O) groups is 2. The van der Waals surface area contributed by atoms with Crippen LogP contribution in [0.4, 0.5) is 4.79 Å². The SMILES string of the molecule is O=C1NC2(CCOc3ccccc32)C(=O)N1CC(O)COCc1ccccc1Cl. The van der Waals surface area contributed by atoms with E-state index in [4.69, 9.17) is 21.1 Å². The van der Waals surface area contributed by atoms with Crippen molar-refractivity contribution in [1.82, 2.24) is 10.2 Å². The lowest BCUT2D eigenvalue weighted by Gasteiger charge is -2.33. The van der Waals surface area contributed by atoms with E-state index >= 15 is 0 Å². The second kappa shape index (κ2) is 8.02. The van der Waals surface area contributed by atoms with Gasteiger partial charge in [0.25, 0.3) is 5.91 Å². The molecule has 2 N–H and O–H groups in total. The maximum Gasteiger partial charge on any atom is 0.325 e. The molecule has 2 aromatic rings. The summed E-state index contributed by atoms with van der Waals surface area (Å²) in [7, 11) is 0. The number of hydrogen-bond acceptors (Lipinski definition) is 5. The van der Waals surface area contributed by atoms with Crippen LogP contribution in [0.3, 0.4) is 0 Å². The number of aliphatic hydroxyl groups is 1. The lowest BCUT2D eigenvalue weighted by molar-refractivity contribution is -0.134. The van der Waals surface area contributed by atoms with Crippen molar-refractivity contribution < 1.29 is 24.2 Å². The van der Waals surface area contributed by atoms with E-state index in [0.717, 1.165) is 10.5 Å². The lowest BCUT2D eigenvalue weighted by Crippen LogP contribution is -2.48. The van der Waals surface area contributed by atoms with E-state index in [9.17, 15) is 14.7 Å². The van der Waals surface area contributed by atoms with Crippen LogP contribution in [-0.2, 0) is 21.7 Å². The van der Waals surface area contributed by atoms with E-state index in [1.165, 1.54) is 0 Å². The standard InChI is InChI=1S/C21H21ClN2O5/c22-17-7-3-1-5-14(17)12-28-13-15(25)11-24-19(26)21(23-20(24)27)9-10-29-18-8-4-2-6-16(18)21/h1-8,15,25H,9-13H2,(H,23,27). The number of aliphatic hydroxyl groups excluding tert-OH is 1. The minimum Gasteiger partial charge on any atom is -0.493 e. The molecule has 3 amide bonds. The number of nitrogens with zero attached hydrogens (tertiary/aromatic N) is 1. The number of imide groups is 1. The summed E-state index contributed by atoms with van der Waals surface area (Å²) in [6.45, 7) is 0.360. The first-order valence-corrected chi connectivity index (χ1v) is 9.75. The summed E-state index contributed by atoms with van der Waals surface area (Å²) in [4.78, 5) is 26.7. The van der Waals surface area contributed by atoms with E-state index in [0.29, 0.717) is 29.4 Å². The third-order valence-corrected chi connectivity index (χ3v) is 5.54. The van der Waals surface area contributed by atoms with Crippen LogP contribution in [0, 0.1) is 0 Å². The van der Waals surface area contributed by atoms with Crippen molar-refractivity contribution in [2.45, 2.75) is 24.7 Å². The number of nitrogens with one attached hydrogen (secondary N) is 1. The zero-order chi connectivity index (χ0) is 20.4. The van der Waals surface area contributed by atoms with Crippen molar-refractivity contribution in [3.63, 3.8) is 0 Å². The van der Waals surface area contributed by atoms with Crippen LogP contribution in [0.1, 0.15) is 17.5 Å². The molecule has 29 heavy (non-hydrogen) atoms. The minimum absolute atomic E-state index is 0.0328. The fraction of sp³-hybridized carbons (Fsp3) is 0.333. The van der Waals surface area contributed by atoms with Gasteiger partial charge in [-0.05, 0) is 17.7 Å². The Hall–Kier alpha value is -2.61. The van der Waals surface area contributed by atoms with Crippen LogP contribution >= 0.6 is 11.6 Å². The third kappa shape index (κ3) is 3.69. The molecule has 0 bridgehead atoms. The molecular weight excluding hydrogens is 396 g/mol. The van der Waals surface area contributed by atoms with Crippen LogP contribution in [0.15, 0.2) is 48.5 Å². The van der Waals surface area contributed by atoms with E-state index in [1.807, 2.05) is 24.3 Å². The topological polar surface area (TPSA) is 88.1 Å². The van der Waals surface area contributed by atoms with Crippen molar-refractivity contribution in [1.29, 1.82) is 0 Å². The van der Waals surface area contributed by atoms with Crippen molar-refractivity contribution >= 4 is 23.5 Å². The van der Waals surface area contributed by atoms with E-state index < -0.39 is 17.7 Å². The Bertz CT molecular complexity index is 937. The van der Waals surface area contributed by atoms with E-state index in [1.54, 1.807) is 24.3 Å². The summed E-state index contributed by atoms with van der Waals surface area (Å²) in [5.41, 5.74) is 0.287. The van der Waals surface area contributed by atoms with Gasteiger partial charge in [-0.3, -0.25) is 9.69 Å². The average Bonchev–Trinajstić information content (AvgIpc) is 2.94. The molecule has 2 heterocycles. The molecule has 0 saturated carbocycles. The molecule has 1 fully saturated rings. The van der Waals surface area contributed by atoms with Gasteiger partial charge in [0.15, 0.2) is 5.54 Å². The Balaban J connectivity index is 1.40. The highest BCUT2D eigenvalue weighted by Crippen LogP contribution is 2.40. The zero-order valence-electron chi connectivity index (χ0n) is 15.6. The summed E-state index contributed by atoms with van der Waals surface area (Å²) in [6.07, 6.45) is -0.679. The molecule has 2 unspecified atom stereocenters. The number of ether oxygens (including phenoxy) is 2. The number of para-hydroxylation sites is 1. The highest BCUT2D eigenvalue weighted by molar-refractivity contribution is 6.31. The number of amides is 3. The van der Waals surface area contributed by atoms with Gasteiger partial charge in [-0.2, -0.15) is 0 Å². The first-order valence-electron chi connectivity index (χ1n) is 9.37. The molecule has 8 heteroatoms. The summed E-state index contributed by atoms with van der Waals surface area (Å²) < 4.78 is 11.1. The first kappa shape index (κ1) is 19.7. The molecule has 0 aliphatic carbocycles. The number of β-amino-alcohol motifs (C(OH)–C–C–N with tert-alkyl or cyclic N) is 1. The van der Waals surface area contributed by atoms with Gasteiger partial charge in [-0.15, -0.1) is 0 Å². The molecule has 2 atom stereocenters. The smallest absolute Gasteiger partial charge is 0.325 e. The van der Waals surface area contributed by atoms with Crippen LogP contribution < -0.4 is 10.1 Å². The molecule has 2 aliphatic rings. The fourth-order valence-corrected chi connectivity index (χ4v) is 3.91. The van der Waals surface area contributed by atoms with Crippen molar-refractivity contribution in [3.05, 3.63) is 64.7 Å². The number of benzene rings is 2. The molecule has 1 spiro atoms. The Morgan fingerprint density at radius 1 is 1.21 bits per heavy atom. The Morgan fingerprint density at radius 2 is 1.97 bits per heavy atom. The fourth-order valence-electron chi connectivity index (χ4n) is 3.72. The largest absolute Gasteiger partial charge is 0.493 e. The summed E-state index contributed by atoms with van der Waals surface area (Å²) >= 11 is 6.08. The van der Waals surface area contributed by atoms with Gasteiger partial charge in [0, 0.05) is 17.0 Å². The van der Waals surface area contributed by atoms with E-state index in [-0.39, 0.29) is 25.7 Å². The highest BCUT2D eigenvalue weighted by atomic mass is 35.5. The summed E-state index contributed by atoms with van der Waals surface area (Å²) in [5.74, 6) is 0.196. The molecular formula is C21H21ClN2O5. The van der Waals surface area contributed by atoms with Crippen molar-refractivity contribution in [2.24, 2.45) is 0 Å². The van der Waals surface area contributed by atoms with Crippen LogP contribution in [0.25, 0.3) is 0 Å². The molecule has 152 valence electrons. The molecule has 1 saturated heterocycles. The number of rotatable bonds is 6. The predicted octanol–water partition coefficient (Wildman–Crippen LogP) is 2.45. The Morgan fingerprint density at radius 3 is 2.79 bits per heavy atom. The molecule has 0 aromatic heterocycles. The number of carbonyl (C=O) groups excluding carboxylic acids is 2. The molecule has 0 radical (unpaired) electrons. The van der Waals surface area contributed by atoms with Crippen molar-refractivity contribution in [2.75, 3.05) is 19.8 Å². The highest BCUT2D eigenvalue weighted by Gasteiger charge is 2.55. The average molecular weight is 417 g/mol. The van der Waals surface area contributed by atoms with Gasteiger partial charge in [0.2, 0.25) is 0 Å². The molecule has 2 aromatic carbocycles. The normalized spacial score (nSPS) is 21.7. The lowest BCUT2D eigenvalue weighted by atomic mass is 9.84. The second-order valence-electron chi connectivity index (χ2n) is 7.11. The van der Waals surface area contributed by atoms with Gasteiger partial charge < -0.3 is 19.9 Å². The Kier molecular flexibility index (Phi) is 5.45. The van der Waals surface area contributed by atoms with Crippen LogP contribution in [0.5, 0.6) is 5.75 Å². The number of hydrogen-bond donors (Lipinski definition) is 2. The van der Waals surface area contributed by atoms with Crippen LogP contribution in [-0.4, -0.2) is 47.8 Å². The first-order chi connectivity index (χ1) is 14.0. The maximum atomic E-state index is 13.1. The maximum absolute atomic E-state index is 13.1. The van der Waals surface area contributed by atoms with Gasteiger partial charge in [-0.1, -0.05) is 48.0 Å². The quantitative estimate of drug-likeness (QED) is 0.706.